The van der Waals surface area contributed by atoms with Gasteiger partial charge in [-0.2, -0.15) is 0 Å². The van der Waals surface area contributed by atoms with Crippen molar-refractivity contribution in [3.05, 3.63) is 34.9 Å². The van der Waals surface area contributed by atoms with Gasteiger partial charge < -0.3 is 19.7 Å². The number of nitrogens with zero attached hydrogens (tertiary/aromatic N) is 2. The van der Waals surface area contributed by atoms with E-state index in [1.165, 1.54) is 4.90 Å². The summed E-state index contributed by atoms with van der Waals surface area (Å²) in [5.74, 6) is 0. The molecular weight excluding hydrogens is 312 g/mol. The molecule has 23 heavy (non-hydrogen) atoms. The second-order valence-corrected chi connectivity index (χ2v) is 6.77. The van der Waals surface area contributed by atoms with Crippen LogP contribution in [0.5, 0.6) is 0 Å². The van der Waals surface area contributed by atoms with E-state index in [-0.39, 0.29) is 5.54 Å². The molecule has 1 fully saturated rings. The van der Waals surface area contributed by atoms with Gasteiger partial charge in [-0.05, 0) is 63.0 Å². The van der Waals surface area contributed by atoms with Gasteiger partial charge in [0.2, 0.25) is 0 Å². The summed E-state index contributed by atoms with van der Waals surface area (Å²) in [5, 5.41) is 12.3. The Hall–Kier alpha value is -1.26. The van der Waals surface area contributed by atoms with Crippen LogP contribution in [0.2, 0.25) is 5.02 Å². The fourth-order valence-electron chi connectivity index (χ4n) is 3.17. The Labute approximate surface area is 144 Å². The molecule has 0 bridgehead atoms. The van der Waals surface area contributed by atoms with Crippen molar-refractivity contribution in [3.63, 3.8) is 0 Å². The lowest BCUT2D eigenvalue weighted by Crippen LogP contribution is -2.48. The SMILES string of the molecule is CCN(CC)CCCC1(N(Cc2ccc(Cl)cc2)C(=O)[O-])CC1. The van der Waals surface area contributed by atoms with Crippen molar-refractivity contribution in [1.29, 1.82) is 0 Å². The van der Waals surface area contributed by atoms with Crippen LogP contribution in [0.4, 0.5) is 4.79 Å². The summed E-state index contributed by atoms with van der Waals surface area (Å²) < 4.78 is 0. The van der Waals surface area contributed by atoms with Crippen LogP contribution in [-0.2, 0) is 6.54 Å². The van der Waals surface area contributed by atoms with Gasteiger partial charge in [0.15, 0.2) is 0 Å². The van der Waals surface area contributed by atoms with Gasteiger partial charge in [-0.25, -0.2) is 0 Å². The van der Waals surface area contributed by atoms with Gasteiger partial charge in [-0.3, -0.25) is 0 Å². The highest BCUT2D eigenvalue weighted by atomic mass is 35.5. The van der Waals surface area contributed by atoms with Crippen LogP contribution in [0.25, 0.3) is 0 Å². The van der Waals surface area contributed by atoms with E-state index in [1.807, 2.05) is 12.1 Å². The Morgan fingerprint density at radius 1 is 1.22 bits per heavy atom. The van der Waals surface area contributed by atoms with Gasteiger partial charge in [0.05, 0.1) is 0 Å². The minimum absolute atomic E-state index is 0.217. The number of hydrogen-bond acceptors (Lipinski definition) is 3. The smallest absolute Gasteiger partial charge is 0.137 e. The van der Waals surface area contributed by atoms with E-state index < -0.39 is 6.09 Å². The normalized spacial score (nSPS) is 15.7. The minimum Gasteiger partial charge on any atom is -0.530 e. The molecule has 0 aromatic heterocycles. The van der Waals surface area contributed by atoms with Gasteiger partial charge in [0.1, 0.15) is 6.09 Å². The molecule has 1 aliphatic rings. The number of rotatable bonds is 9. The number of benzene rings is 1. The maximum absolute atomic E-state index is 11.6. The van der Waals surface area contributed by atoms with Gasteiger partial charge in [0, 0.05) is 17.1 Å². The summed E-state index contributed by atoms with van der Waals surface area (Å²) in [6.45, 7) is 7.80. The quantitative estimate of drug-likeness (QED) is 0.695. The molecule has 0 atom stereocenters. The van der Waals surface area contributed by atoms with Crippen molar-refractivity contribution in [2.45, 2.75) is 51.6 Å². The first-order chi connectivity index (χ1) is 11.0. The number of carboxylic acid groups (broad SMARTS) is 1. The molecule has 4 nitrogen and oxygen atoms in total. The Kier molecular flexibility index (Phi) is 6.31. The molecule has 128 valence electrons. The summed E-state index contributed by atoms with van der Waals surface area (Å²) in [7, 11) is 0. The maximum atomic E-state index is 11.6. The summed E-state index contributed by atoms with van der Waals surface area (Å²) in [5.41, 5.74) is 0.736. The van der Waals surface area contributed by atoms with E-state index in [9.17, 15) is 9.90 Å². The van der Waals surface area contributed by atoms with Gasteiger partial charge >= 0.3 is 0 Å². The topological polar surface area (TPSA) is 46.6 Å². The van der Waals surface area contributed by atoms with E-state index in [0.29, 0.717) is 11.6 Å². The summed E-state index contributed by atoms with van der Waals surface area (Å²) >= 11 is 5.89. The van der Waals surface area contributed by atoms with Crippen LogP contribution in [0.15, 0.2) is 24.3 Å². The lowest BCUT2D eigenvalue weighted by Gasteiger charge is -2.35. The molecule has 0 spiro atoms. The van der Waals surface area contributed by atoms with Gasteiger partial charge in [-0.15, -0.1) is 0 Å². The molecule has 2 rings (SSSR count). The van der Waals surface area contributed by atoms with Crippen LogP contribution in [-0.4, -0.2) is 41.1 Å². The molecule has 5 heteroatoms. The summed E-state index contributed by atoms with van der Waals surface area (Å²) in [6, 6.07) is 7.35. The first-order valence-electron chi connectivity index (χ1n) is 8.46. The van der Waals surface area contributed by atoms with Crippen molar-refractivity contribution in [2.75, 3.05) is 19.6 Å². The molecule has 0 heterocycles. The summed E-state index contributed by atoms with van der Waals surface area (Å²) in [4.78, 5) is 15.5. The van der Waals surface area contributed by atoms with E-state index in [2.05, 4.69) is 18.7 Å². The fourth-order valence-corrected chi connectivity index (χ4v) is 3.30. The highest BCUT2D eigenvalue weighted by Crippen LogP contribution is 2.46. The molecule has 1 aromatic rings. The van der Waals surface area contributed by atoms with Crippen LogP contribution in [0, 0.1) is 0 Å². The predicted molar refractivity (Wildman–Crippen MR) is 91.4 cm³/mol. The van der Waals surface area contributed by atoms with E-state index in [0.717, 1.165) is 50.9 Å². The second-order valence-electron chi connectivity index (χ2n) is 6.33. The molecule has 1 saturated carbocycles. The molecule has 0 N–H and O–H groups in total. The number of carbonyl (C=O) groups is 1. The number of hydrogen-bond donors (Lipinski definition) is 0. The lowest BCUT2D eigenvalue weighted by molar-refractivity contribution is -0.270. The average molecular weight is 338 g/mol. The summed E-state index contributed by atoms with van der Waals surface area (Å²) in [6.07, 6.45) is 2.73. The molecule has 1 aliphatic carbocycles. The fraction of sp³-hybridized carbons (Fsp3) is 0.611. The number of carbonyl (C=O) groups excluding carboxylic acids is 1. The molecule has 0 aliphatic heterocycles. The largest absolute Gasteiger partial charge is 0.530 e. The van der Waals surface area contributed by atoms with E-state index in [1.54, 1.807) is 12.1 Å². The Balaban J connectivity index is 1.96. The van der Waals surface area contributed by atoms with Crippen LogP contribution >= 0.6 is 11.6 Å². The zero-order chi connectivity index (χ0) is 16.9. The predicted octanol–water partition coefficient (Wildman–Crippen LogP) is 3.14. The highest BCUT2D eigenvalue weighted by Gasteiger charge is 2.47. The third-order valence-corrected chi connectivity index (χ3v) is 5.14. The van der Waals surface area contributed by atoms with Crippen molar-refractivity contribution < 1.29 is 9.90 Å². The van der Waals surface area contributed by atoms with Crippen molar-refractivity contribution >= 4 is 17.7 Å². The highest BCUT2D eigenvalue weighted by molar-refractivity contribution is 6.30. The average Bonchev–Trinajstić information content (AvgIpc) is 3.31. The van der Waals surface area contributed by atoms with Crippen LogP contribution in [0.1, 0.15) is 45.1 Å². The Morgan fingerprint density at radius 2 is 1.83 bits per heavy atom. The molecule has 1 aromatic carbocycles. The zero-order valence-electron chi connectivity index (χ0n) is 14.1. The first kappa shape index (κ1) is 18.1. The lowest BCUT2D eigenvalue weighted by atomic mass is 10.1. The molecular formula is C18H26ClN2O2-. The zero-order valence-corrected chi connectivity index (χ0v) is 14.8. The van der Waals surface area contributed by atoms with Crippen molar-refractivity contribution in [1.82, 2.24) is 9.80 Å². The Morgan fingerprint density at radius 3 is 2.30 bits per heavy atom. The second kappa shape index (κ2) is 8.02. The molecule has 0 radical (unpaired) electrons. The Bertz CT molecular complexity index is 510. The van der Waals surface area contributed by atoms with Crippen LogP contribution in [0.3, 0.4) is 0 Å². The number of halogens is 1. The minimum atomic E-state index is -1.07. The molecule has 0 unspecified atom stereocenters. The van der Waals surface area contributed by atoms with Crippen molar-refractivity contribution in [3.8, 4) is 0 Å². The standard InChI is InChI=1S/C18H27ClN2O2/c1-3-20(4-2)13-5-10-18(11-12-18)21(17(22)23)14-15-6-8-16(19)9-7-15/h6-9H,3-5,10-14H2,1-2H3,(H,22,23)/p-1. The first-order valence-corrected chi connectivity index (χ1v) is 8.84. The van der Waals surface area contributed by atoms with E-state index >= 15 is 0 Å². The molecule has 1 amide bonds. The third-order valence-electron chi connectivity index (χ3n) is 4.88. The monoisotopic (exact) mass is 337 g/mol. The maximum Gasteiger partial charge on any atom is 0.137 e. The van der Waals surface area contributed by atoms with Crippen LogP contribution < -0.4 is 5.11 Å². The van der Waals surface area contributed by atoms with Gasteiger partial charge in [-0.1, -0.05) is 37.6 Å². The van der Waals surface area contributed by atoms with Gasteiger partial charge in [0.25, 0.3) is 0 Å². The van der Waals surface area contributed by atoms with E-state index in [4.69, 9.17) is 11.6 Å². The van der Waals surface area contributed by atoms with Crippen molar-refractivity contribution in [2.24, 2.45) is 0 Å². The number of amides is 1. The molecule has 0 saturated heterocycles. The third kappa shape index (κ3) is 4.85.